The van der Waals surface area contributed by atoms with Gasteiger partial charge in [0.2, 0.25) is 0 Å². The summed E-state index contributed by atoms with van der Waals surface area (Å²) in [7, 11) is 0. The number of aldehydes is 1. The molecule has 0 unspecified atom stereocenters. The molecule has 0 N–H and O–H groups in total. The van der Waals surface area contributed by atoms with Crippen LogP contribution in [0.15, 0.2) is 4.42 Å². The van der Waals surface area contributed by atoms with Crippen molar-refractivity contribution in [1.82, 2.24) is 4.98 Å². The third-order valence-corrected chi connectivity index (χ3v) is 1.88. The highest BCUT2D eigenvalue weighted by atomic mass is 35.5. The predicted octanol–water partition coefficient (Wildman–Crippen LogP) is 2.02. The molecular weight excluding hydrogens is 166 g/mol. The minimum absolute atomic E-state index is 0.0639. The molecular formula is C7H6ClNO2. The van der Waals surface area contributed by atoms with E-state index in [4.69, 9.17) is 16.0 Å². The van der Waals surface area contributed by atoms with Gasteiger partial charge in [-0.2, -0.15) is 4.98 Å². The lowest BCUT2D eigenvalue weighted by Crippen LogP contribution is -1.84. The Hall–Kier alpha value is -0.830. The van der Waals surface area contributed by atoms with E-state index >= 15 is 0 Å². The Morgan fingerprint density at radius 1 is 1.64 bits per heavy atom. The van der Waals surface area contributed by atoms with Crippen molar-refractivity contribution in [3.8, 4) is 0 Å². The van der Waals surface area contributed by atoms with Crippen LogP contribution in [0.2, 0.25) is 5.35 Å². The second-order valence-corrected chi connectivity index (χ2v) is 2.93. The quantitative estimate of drug-likeness (QED) is 0.640. The van der Waals surface area contributed by atoms with Crippen LogP contribution >= 0.6 is 11.6 Å². The largest absolute Gasteiger partial charge is 0.432 e. The molecule has 1 saturated carbocycles. The summed E-state index contributed by atoms with van der Waals surface area (Å²) in [5.41, 5.74) is 0.359. The van der Waals surface area contributed by atoms with E-state index in [1.807, 2.05) is 0 Å². The maximum absolute atomic E-state index is 10.4. The van der Waals surface area contributed by atoms with Gasteiger partial charge < -0.3 is 4.42 Å². The third kappa shape index (κ3) is 1.16. The normalized spacial score (nSPS) is 16.8. The van der Waals surface area contributed by atoms with Gasteiger partial charge in [0.1, 0.15) is 11.5 Å². The van der Waals surface area contributed by atoms with Crippen molar-refractivity contribution < 1.29 is 9.21 Å². The lowest BCUT2D eigenvalue weighted by molar-refractivity contribution is 0.111. The molecule has 0 spiro atoms. The second kappa shape index (κ2) is 2.34. The summed E-state index contributed by atoms with van der Waals surface area (Å²) in [6, 6.07) is 0. The molecule has 4 heteroatoms. The van der Waals surface area contributed by atoms with Crippen LogP contribution in [0.1, 0.15) is 35.0 Å². The standard InChI is InChI=1S/C7H6ClNO2/c8-7-9-5(3-10)6(11-7)4-1-2-4/h3-4H,1-2H2. The van der Waals surface area contributed by atoms with E-state index in [0.29, 0.717) is 23.7 Å². The molecule has 0 bridgehead atoms. The number of halogens is 1. The van der Waals surface area contributed by atoms with Gasteiger partial charge in [0, 0.05) is 5.92 Å². The van der Waals surface area contributed by atoms with Crippen LogP contribution in [0.4, 0.5) is 0 Å². The van der Waals surface area contributed by atoms with Crippen LogP contribution in [0.3, 0.4) is 0 Å². The van der Waals surface area contributed by atoms with Crippen molar-refractivity contribution in [1.29, 1.82) is 0 Å². The molecule has 2 rings (SSSR count). The molecule has 0 atom stereocenters. The van der Waals surface area contributed by atoms with Gasteiger partial charge in [0.05, 0.1) is 0 Å². The Balaban J connectivity index is 2.41. The lowest BCUT2D eigenvalue weighted by atomic mass is 10.3. The Kier molecular flexibility index (Phi) is 1.46. The minimum Gasteiger partial charge on any atom is -0.432 e. The summed E-state index contributed by atoms with van der Waals surface area (Å²) in [5, 5.41) is 0.0639. The molecule has 0 saturated heterocycles. The zero-order valence-electron chi connectivity index (χ0n) is 5.71. The van der Waals surface area contributed by atoms with Crippen LogP contribution in [0.25, 0.3) is 0 Å². The number of carbonyl (C=O) groups is 1. The van der Waals surface area contributed by atoms with Gasteiger partial charge in [-0.15, -0.1) is 0 Å². The van der Waals surface area contributed by atoms with E-state index in [2.05, 4.69) is 4.98 Å². The monoisotopic (exact) mass is 171 g/mol. The van der Waals surface area contributed by atoms with Crippen molar-refractivity contribution in [2.75, 3.05) is 0 Å². The van der Waals surface area contributed by atoms with Gasteiger partial charge in [-0.1, -0.05) is 0 Å². The molecule has 1 aliphatic rings. The molecule has 11 heavy (non-hydrogen) atoms. The molecule has 3 nitrogen and oxygen atoms in total. The summed E-state index contributed by atoms with van der Waals surface area (Å²) in [6.07, 6.45) is 2.84. The number of hydrogen-bond donors (Lipinski definition) is 0. The van der Waals surface area contributed by atoms with Gasteiger partial charge >= 0.3 is 0 Å². The zero-order valence-corrected chi connectivity index (χ0v) is 6.47. The number of carbonyl (C=O) groups excluding carboxylic acids is 1. The van der Waals surface area contributed by atoms with E-state index in [1.54, 1.807) is 0 Å². The number of rotatable bonds is 2. The fourth-order valence-corrected chi connectivity index (χ4v) is 1.21. The Bertz CT molecular complexity index is 291. The number of hydrogen-bond acceptors (Lipinski definition) is 3. The number of oxazole rings is 1. The fraction of sp³-hybridized carbons (Fsp3) is 0.429. The first-order valence-electron chi connectivity index (χ1n) is 3.42. The van der Waals surface area contributed by atoms with Crippen molar-refractivity contribution in [3.05, 3.63) is 16.8 Å². The van der Waals surface area contributed by atoms with Crippen LogP contribution in [-0.2, 0) is 0 Å². The summed E-state index contributed by atoms with van der Waals surface area (Å²) in [5.74, 6) is 1.04. The topological polar surface area (TPSA) is 43.1 Å². The lowest BCUT2D eigenvalue weighted by Gasteiger charge is -1.86. The minimum atomic E-state index is 0.0639. The highest BCUT2D eigenvalue weighted by Gasteiger charge is 2.30. The first kappa shape index (κ1) is 6.85. The summed E-state index contributed by atoms with van der Waals surface area (Å²) in [4.78, 5) is 14.1. The molecule has 1 aromatic heterocycles. The van der Waals surface area contributed by atoms with Gasteiger partial charge in [0.25, 0.3) is 5.35 Å². The van der Waals surface area contributed by atoms with E-state index in [-0.39, 0.29) is 5.35 Å². The van der Waals surface area contributed by atoms with Crippen LogP contribution < -0.4 is 0 Å². The van der Waals surface area contributed by atoms with E-state index in [9.17, 15) is 4.79 Å². The summed E-state index contributed by atoms with van der Waals surface area (Å²) in [6.45, 7) is 0. The van der Waals surface area contributed by atoms with Crippen LogP contribution in [0.5, 0.6) is 0 Å². The average molecular weight is 172 g/mol. The predicted molar refractivity (Wildman–Crippen MR) is 38.9 cm³/mol. The molecule has 1 aliphatic carbocycles. The third-order valence-electron chi connectivity index (χ3n) is 1.71. The molecule has 0 aliphatic heterocycles. The molecule has 0 aromatic carbocycles. The highest BCUT2D eigenvalue weighted by molar-refractivity contribution is 6.27. The SMILES string of the molecule is O=Cc1nc(Cl)oc1C1CC1. The number of aromatic nitrogens is 1. The van der Waals surface area contributed by atoms with E-state index in [1.165, 1.54) is 0 Å². The van der Waals surface area contributed by atoms with Gasteiger partial charge in [0.15, 0.2) is 6.29 Å². The molecule has 0 radical (unpaired) electrons. The highest BCUT2D eigenvalue weighted by Crippen LogP contribution is 2.42. The van der Waals surface area contributed by atoms with Gasteiger partial charge in [-0.05, 0) is 24.4 Å². The molecule has 1 aromatic rings. The second-order valence-electron chi connectivity index (χ2n) is 2.61. The van der Waals surface area contributed by atoms with Crippen molar-refractivity contribution >= 4 is 17.9 Å². The first-order valence-corrected chi connectivity index (χ1v) is 3.80. The van der Waals surface area contributed by atoms with E-state index < -0.39 is 0 Å². The Morgan fingerprint density at radius 3 is 2.91 bits per heavy atom. The van der Waals surface area contributed by atoms with Crippen molar-refractivity contribution in [2.24, 2.45) is 0 Å². The average Bonchev–Trinajstić information content (AvgIpc) is 2.75. The van der Waals surface area contributed by atoms with Crippen LogP contribution in [-0.4, -0.2) is 11.3 Å². The fourth-order valence-electron chi connectivity index (χ4n) is 1.04. The Morgan fingerprint density at radius 2 is 2.36 bits per heavy atom. The maximum atomic E-state index is 10.4. The van der Waals surface area contributed by atoms with Crippen LogP contribution in [0, 0.1) is 0 Å². The first-order chi connectivity index (χ1) is 5.31. The maximum Gasteiger partial charge on any atom is 0.292 e. The number of nitrogens with zero attached hydrogens (tertiary/aromatic N) is 1. The van der Waals surface area contributed by atoms with Gasteiger partial charge in [-0.3, -0.25) is 4.79 Å². The molecule has 0 amide bonds. The molecule has 1 heterocycles. The molecule has 1 fully saturated rings. The summed E-state index contributed by atoms with van der Waals surface area (Å²) >= 11 is 5.48. The van der Waals surface area contributed by atoms with Gasteiger partial charge in [-0.25, -0.2) is 0 Å². The van der Waals surface area contributed by atoms with Crippen molar-refractivity contribution in [3.63, 3.8) is 0 Å². The van der Waals surface area contributed by atoms with E-state index in [0.717, 1.165) is 12.8 Å². The zero-order chi connectivity index (χ0) is 7.84. The smallest absolute Gasteiger partial charge is 0.292 e. The Labute approximate surface area is 68.4 Å². The van der Waals surface area contributed by atoms with Crippen molar-refractivity contribution in [2.45, 2.75) is 18.8 Å². The summed E-state index contributed by atoms with van der Waals surface area (Å²) < 4.78 is 5.05. The molecule has 58 valence electrons.